The van der Waals surface area contributed by atoms with E-state index in [2.05, 4.69) is 10.3 Å². The lowest BCUT2D eigenvalue weighted by Crippen LogP contribution is -2.38. The number of carbonyl (C=O) groups excluding carboxylic acids is 2. The zero-order valence-electron chi connectivity index (χ0n) is 16.1. The summed E-state index contributed by atoms with van der Waals surface area (Å²) in [5.41, 5.74) is 1.97. The molecule has 3 heterocycles. The van der Waals surface area contributed by atoms with Crippen LogP contribution in [0.1, 0.15) is 31.2 Å². The van der Waals surface area contributed by atoms with Gasteiger partial charge in [-0.15, -0.1) is 11.3 Å². The molecule has 7 nitrogen and oxygen atoms in total. The number of esters is 1. The molecule has 0 saturated carbocycles. The molecule has 9 heteroatoms. The molecular weight excluding hydrogens is 398 g/mol. The van der Waals surface area contributed by atoms with Gasteiger partial charge in [-0.3, -0.25) is 4.79 Å². The number of thiophene rings is 1. The molecule has 0 radical (unpaired) electrons. The normalized spacial score (nSPS) is 18.5. The van der Waals surface area contributed by atoms with Crippen LogP contribution in [0.3, 0.4) is 0 Å². The molecule has 2 aliphatic rings. The van der Waals surface area contributed by atoms with Crippen LogP contribution in [0.25, 0.3) is 0 Å². The number of ether oxygens (including phenoxy) is 2. The number of fused-ring (bicyclic) bond motifs is 1. The first-order chi connectivity index (χ1) is 13.6. The summed E-state index contributed by atoms with van der Waals surface area (Å²) in [4.78, 5) is 32.6. The smallest absolute Gasteiger partial charge is 0.338 e. The number of nitrogens with zero attached hydrogens (tertiary/aromatic N) is 2. The number of thioether (sulfide) groups is 1. The Balaban J connectivity index is 1.89. The van der Waals surface area contributed by atoms with Crippen molar-refractivity contribution in [2.24, 2.45) is 4.99 Å². The van der Waals surface area contributed by atoms with Crippen LogP contribution in [0.4, 0.5) is 0 Å². The van der Waals surface area contributed by atoms with Crippen LogP contribution < -0.4 is 5.32 Å². The van der Waals surface area contributed by atoms with Gasteiger partial charge in [0.1, 0.15) is 6.04 Å². The second-order valence-electron chi connectivity index (χ2n) is 6.15. The van der Waals surface area contributed by atoms with Gasteiger partial charge < -0.3 is 19.7 Å². The summed E-state index contributed by atoms with van der Waals surface area (Å²) in [6, 6.07) is 3.59. The number of hydrogen-bond acceptors (Lipinski definition) is 8. The molecule has 0 saturated heterocycles. The minimum Gasteiger partial charge on any atom is -0.463 e. The Labute approximate surface area is 172 Å². The summed E-state index contributed by atoms with van der Waals surface area (Å²) in [6.07, 6.45) is 0.201. The van der Waals surface area contributed by atoms with E-state index in [0.717, 1.165) is 15.7 Å². The molecule has 0 spiro atoms. The maximum absolute atomic E-state index is 12.7. The monoisotopic (exact) mass is 421 g/mol. The molecule has 1 amide bonds. The number of carbonyl (C=O) groups is 2. The van der Waals surface area contributed by atoms with Gasteiger partial charge in [-0.2, -0.15) is 0 Å². The molecule has 0 bridgehead atoms. The molecule has 3 rings (SSSR count). The summed E-state index contributed by atoms with van der Waals surface area (Å²) in [5.74, 6) is -0.471. The maximum Gasteiger partial charge on any atom is 0.338 e. The Morgan fingerprint density at radius 2 is 2.21 bits per heavy atom. The van der Waals surface area contributed by atoms with E-state index >= 15 is 0 Å². The van der Waals surface area contributed by atoms with Gasteiger partial charge in [0.15, 0.2) is 5.17 Å². The minimum absolute atomic E-state index is 0.0981. The topological polar surface area (TPSA) is 80.2 Å². The highest BCUT2D eigenvalue weighted by molar-refractivity contribution is 8.16. The number of amidine groups is 1. The Kier molecular flexibility index (Phi) is 6.93. The molecule has 1 N–H and O–H groups in total. The van der Waals surface area contributed by atoms with Gasteiger partial charge in [0.05, 0.1) is 30.9 Å². The fourth-order valence-corrected chi connectivity index (χ4v) is 4.86. The predicted octanol–water partition coefficient (Wildman–Crippen LogP) is 3.04. The van der Waals surface area contributed by atoms with Crippen molar-refractivity contribution in [3.8, 4) is 0 Å². The standard InChI is InChI=1S/C19H23N3O4S2/c1-4-26-18(24)16-12(2)21-19-22(17(16)14-6-5-9-27-14)13(11-28-19)10-15(23)20-7-8-25-3/h5-6,9,11,17H,4,7-8,10H2,1-3H3,(H,20,23). The third-order valence-electron chi connectivity index (χ3n) is 4.28. The second-order valence-corrected chi connectivity index (χ2v) is 7.96. The van der Waals surface area contributed by atoms with Gasteiger partial charge in [-0.05, 0) is 30.7 Å². The van der Waals surface area contributed by atoms with E-state index in [-0.39, 0.29) is 24.3 Å². The number of methoxy groups -OCH3 is 1. The lowest BCUT2D eigenvalue weighted by Gasteiger charge is -2.35. The van der Waals surface area contributed by atoms with Crippen LogP contribution in [0, 0.1) is 0 Å². The molecule has 1 atom stereocenters. The molecule has 1 aromatic rings. The summed E-state index contributed by atoms with van der Waals surface area (Å²) < 4.78 is 10.3. The second kappa shape index (κ2) is 9.40. The van der Waals surface area contributed by atoms with Crippen LogP contribution in [-0.4, -0.2) is 48.8 Å². The highest BCUT2D eigenvalue weighted by Gasteiger charge is 2.41. The summed E-state index contributed by atoms with van der Waals surface area (Å²) >= 11 is 3.03. The fourth-order valence-electron chi connectivity index (χ4n) is 3.08. The van der Waals surface area contributed by atoms with E-state index in [1.54, 1.807) is 25.4 Å². The van der Waals surface area contributed by atoms with Gasteiger partial charge in [0.2, 0.25) is 5.91 Å². The molecule has 0 aliphatic carbocycles. The first-order valence-corrected chi connectivity index (χ1v) is 10.7. The first-order valence-electron chi connectivity index (χ1n) is 8.97. The van der Waals surface area contributed by atoms with Crippen molar-refractivity contribution in [1.29, 1.82) is 0 Å². The van der Waals surface area contributed by atoms with Gasteiger partial charge in [-0.1, -0.05) is 17.8 Å². The van der Waals surface area contributed by atoms with Crippen LogP contribution in [0.15, 0.2) is 44.9 Å². The van der Waals surface area contributed by atoms with Crippen molar-refractivity contribution < 1.29 is 19.1 Å². The van der Waals surface area contributed by atoms with E-state index in [9.17, 15) is 9.59 Å². The van der Waals surface area contributed by atoms with Crippen molar-refractivity contribution in [1.82, 2.24) is 10.2 Å². The quantitative estimate of drug-likeness (QED) is 0.513. The van der Waals surface area contributed by atoms with E-state index in [4.69, 9.17) is 9.47 Å². The highest BCUT2D eigenvalue weighted by atomic mass is 32.2. The molecule has 1 unspecified atom stereocenters. The molecular formula is C19H23N3O4S2. The number of nitrogens with one attached hydrogen (secondary N) is 1. The van der Waals surface area contributed by atoms with Crippen molar-refractivity contribution in [2.45, 2.75) is 26.3 Å². The lowest BCUT2D eigenvalue weighted by molar-refractivity contribution is -0.139. The van der Waals surface area contributed by atoms with E-state index in [1.807, 2.05) is 34.7 Å². The van der Waals surface area contributed by atoms with E-state index in [0.29, 0.717) is 31.0 Å². The summed E-state index contributed by atoms with van der Waals surface area (Å²) in [6.45, 7) is 4.82. The third kappa shape index (κ3) is 4.31. The lowest BCUT2D eigenvalue weighted by atomic mass is 9.99. The van der Waals surface area contributed by atoms with E-state index < -0.39 is 0 Å². The number of amides is 1. The van der Waals surface area contributed by atoms with Crippen molar-refractivity contribution in [3.63, 3.8) is 0 Å². The predicted molar refractivity (Wildman–Crippen MR) is 111 cm³/mol. The maximum atomic E-state index is 12.7. The third-order valence-corrected chi connectivity index (χ3v) is 6.09. The average Bonchev–Trinajstić information content (AvgIpc) is 3.31. The van der Waals surface area contributed by atoms with Gasteiger partial charge >= 0.3 is 5.97 Å². The molecule has 0 aromatic carbocycles. The Morgan fingerprint density at radius 3 is 2.89 bits per heavy atom. The van der Waals surface area contributed by atoms with Crippen molar-refractivity contribution >= 4 is 40.1 Å². The largest absolute Gasteiger partial charge is 0.463 e. The van der Waals surface area contributed by atoms with Crippen LogP contribution >= 0.6 is 23.1 Å². The number of hydrogen-bond donors (Lipinski definition) is 1. The molecule has 0 fully saturated rings. The summed E-state index contributed by atoms with van der Waals surface area (Å²) in [7, 11) is 1.59. The van der Waals surface area contributed by atoms with E-state index in [1.165, 1.54) is 11.8 Å². The first kappa shape index (κ1) is 20.6. The number of aliphatic imine (C=N–C) groups is 1. The Bertz CT molecular complexity index is 830. The van der Waals surface area contributed by atoms with Crippen LogP contribution in [0.5, 0.6) is 0 Å². The molecule has 150 valence electrons. The van der Waals surface area contributed by atoms with Crippen molar-refractivity contribution in [2.75, 3.05) is 26.9 Å². The molecule has 28 heavy (non-hydrogen) atoms. The Hall–Kier alpha value is -2.10. The Morgan fingerprint density at radius 1 is 1.39 bits per heavy atom. The zero-order valence-corrected chi connectivity index (χ0v) is 17.7. The van der Waals surface area contributed by atoms with Gasteiger partial charge in [0, 0.05) is 24.2 Å². The molecule has 1 aromatic heterocycles. The van der Waals surface area contributed by atoms with Crippen LogP contribution in [0.2, 0.25) is 0 Å². The SMILES string of the molecule is CCOC(=O)C1=C(C)N=C2SC=C(CC(=O)NCCOC)N2C1c1cccs1. The van der Waals surface area contributed by atoms with Gasteiger partial charge in [-0.25, -0.2) is 9.79 Å². The summed E-state index contributed by atoms with van der Waals surface area (Å²) in [5, 5.41) is 7.51. The fraction of sp³-hybridized carbons (Fsp3) is 0.421. The zero-order chi connectivity index (χ0) is 20.1. The van der Waals surface area contributed by atoms with Gasteiger partial charge in [0.25, 0.3) is 0 Å². The number of allylic oxidation sites excluding steroid dienone is 1. The van der Waals surface area contributed by atoms with Crippen molar-refractivity contribution in [3.05, 3.63) is 44.8 Å². The van der Waals surface area contributed by atoms with Crippen LogP contribution in [-0.2, 0) is 19.1 Å². The molecule has 2 aliphatic heterocycles. The highest BCUT2D eigenvalue weighted by Crippen LogP contribution is 2.45. The number of rotatable bonds is 8. The minimum atomic E-state index is -0.373. The average molecular weight is 422 g/mol.